The average molecular weight is 200 g/mol. The number of hydrogen-bond acceptors (Lipinski definition) is 4. The summed E-state index contributed by atoms with van der Waals surface area (Å²) in [7, 11) is -4.30. The van der Waals surface area contributed by atoms with E-state index >= 15 is 0 Å². The van der Waals surface area contributed by atoms with Crippen LogP contribution in [0.15, 0.2) is 10.8 Å². The molecule has 0 aliphatic carbocycles. The van der Waals surface area contributed by atoms with Crippen LogP contribution in [0.3, 0.4) is 0 Å². The molecule has 0 spiro atoms. The third-order valence-corrected chi connectivity index (χ3v) is 3.49. The number of phosphoric ester groups is 1. The quantitative estimate of drug-likeness (QED) is 0.655. The lowest BCUT2D eigenvalue weighted by Crippen LogP contribution is -1.96. The summed E-state index contributed by atoms with van der Waals surface area (Å²) in [5, 5.41) is 3.45. The SMILES string of the molecule is O=P(O)(O)OC1SC=CS1. The van der Waals surface area contributed by atoms with Crippen molar-refractivity contribution in [1.82, 2.24) is 0 Å². The van der Waals surface area contributed by atoms with E-state index < -0.39 is 12.6 Å². The molecule has 1 aliphatic heterocycles. The van der Waals surface area contributed by atoms with Crippen LogP contribution in [-0.4, -0.2) is 14.6 Å². The highest BCUT2D eigenvalue weighted by Crippen LogP contribution is 2.46. The summed E-state index contributed by atoms with van der Waals surface area (Å²) in [4.78, 5) is 16.6. The summed E-state index contributed by atoms with van der Waals surface area (Å²) in [6.45, 7) is 0. The fraction of sp³-hybridized carbons (Fsp3) is 0.333. The minimum absolute atomic E-state index is 0.485. The van der Waals surface area contributed by atoms with Crippen molar-refractivity contribution < 1.29 is 18.9 Å². The smallest absolute Gasteiger partial charge is 0.303 e. The van der Waals surface area contributed by atoms with Crippen LogP contribution in [0.5, 0.6) is 0 Å². The van der Waals surface area contributed by atoms with Gasteiger partial charge in [0.1, 0.15) is 0 Å². The molecule has 0 aromatic carbocycles. The van der Waals surface area contributed by atoms with Gasteiger partial charge < -0.3 is 9.79 Å². The van der Waals surface area contributed by atoms with Gasteiger partial charge in [0.15, 0.2) is 4.77 Å². The summed E-state index contributed by atoms with van der Waals surface area (Å²) < 4.78 is 14.0. The van der Waals surface area contributed by atoms with Gasteiger partial charge >= 0.3 is 7.82 Å². The molecule has 0 aromatic rings. The molecule has 2 N–H and O–H groups in total. The van der Waals surface area contributed by atoms with Crippen molar-refractivity contribution in [2.75, 3.05) is 0 Å². The van der Waals surface area contributed by atoms with Gasteiger partial charge in [0, 0.05) is 0 Å². The van der Waals surface area contributed by atoms with Gasteiger partial charge in [-0.25, -0.2) is 4.57 Å². The molecule has 0 saturated heterocycles. The zero-order chi connectivity index (χ0) is 7.61. The van der Waals surface area contributed by atoms with E-state index in [2.05, 4.69) is 4.52 Å². The van der Waals surface area contributed by atoms with E-state index in [1.165, 1.54) is 23.5 Å². The zero-order valence-electron chi connectivity index (χ0n) is 4.71. The van der Waals surface area contributed by atoms with Gasteiger partial charge in [0.25, 0.3) is 0 Å². The van der Waals surface area contributed by atoms with Crippen LogP contribution in [0.2, 0.25) is 0 Å². The Balaban J connectivity index is 2.33. The first-order valence-electron chi connectivity index (χ1n) is 2.28. The molecule has 0 amide bonds. The number of rotatable bonds is 2. The number of phosphoric acid groups is 1. The molecule has 0 bridgehead atoms. The highest BCUT2D eigenvalue weighted by molar-refractivity contribution is 8.22. The average Bonchev–Trinajstić information content (AvgIpc) is 2.12. The summed E-state index contributed by atoms with van der Waals surface area (Å²) >= 11 is 2.47. The van der Waals surface area contributed by atoms with Crippen LogP contribution in [0.25, 0.3) is 0 Å². The lowest BCUT2D eigenvalue weighted by atomic mass is 11.3. The van der Waals surface area contributed by atoms with Crippen LogP contribution in [-0.2, 0) is 9.09 Å². The molecule has 0 atom stereocenters. The molecule has 0 saturated carbocycles. The van der Waals surface area contributed by atoms with Gasteiger partial charge in [-0.05, 0) is 10.8 Å². The van der Waals surface area contributed by atoms with Gasteiger partial charge in [0.05, 0.1) is 0 Å². The molecule has 7 heteroatoms. The Labute approximate surface area is 66.3 Å². The van der Waals surface area contributed by atoms with E-state index in [0.29, 0.717) is 0 Å². The molecule has 58 valence electrons. The summed E-state index contributed by atoms with van der Waals surface area (Å²) in [5.41, 5.74) is 0. The molecule has 0 unspecified atom stereocenters. The van der Waals surface area contributed by atoms with Crippen LogP contribution in [0, 0.1) is 0 Å². The number of thioether (sulfide) groups is 2. The highest BCUT2D eigenvalue weighted by atomic mass is 32.2. The number of hydrogen-bond donors (Lipinski definition) is 2. The van der Waals surface area contributed by atoms with Gasteiger partial charge in [-0.15, -0.1) is 0 Å². The maximum absolute atomic E-state index is 10.2. The van der Waals surface area contributed by atoms with Crippen molar-refractivity contribution in [2.45, 2.75) is 4.77 Å². The Morgan fingerprint density at radius 1 is 1.40 bits per heavy atom. The Morgan fingerprint density at radius 2 is 1.90 bits per heavy atom. The van der Waals surface area contributed by atoms with Crippen molar-refractivity contribution >= 4 is 31.3 Å². The van der Waals surface area contributed by atoms with Crippen LogP contribution in [0.1, 0.15) is 0 Å². The predicted octanol–water partition coefficient (Wildman–Crippen LogP) is 1.33. The first-order valence-corrected chi connectivity index (χ1v) is 5.69. The molecule has 1 heterocycles. The lowest BCUT2D eigenvalue weighted by Gasteiger charge is -2.08. The van der Waals surface area contributed by atoms with E-state index in [9.17, 15) is 4.57 Å². The maximum Gasteiger partial charge on any atom is 0.471 e. The van der Waals surface area contributed by atoms with Gasteiger partial charge in [-0.1, -0.05) is 23.5 Å². The van der Waals surface area contributed by atoms with Crippen LogP contribution < -0.4 is 0 Å². The van der Waals surface area contributed by atoms with E-state index in [1.807, 2.05) is 0 Å². The third-order valence-electron chi connectivity index (χ3n) is 0.658. The molecular formula is C3H5O4PS2. The van der Waals surface area contributed by atoms with Crippen molar-refractivity contribution in [1.29, 1.82) is 0 Å². The van der Waals surface area contributed by atoms with Crippen LogP contribution in [0.4, 0.5) is 0 Å². The highest BCUT2D eigenvalue weighted by Gasteiger charge is 2.23. The Kier molecular flexibility index (Phi) is 2.85. The molecular weight excluding hydrogens is 195 g/mol. The summed E-state index contributed by atoms with van der Waals surface area (Å²) in [6, 6.07) is 0. The van der Waals surface area contributed by atoms with Gasteiger partial charge in [-0.2, -0.15) is 0 Å². The summed E-state index contributed by atoms with van der Waals surface area (Å²) in [5.74, 6) is 0. The fourth-order valence-corrected chi connectivity index (χ4v) is 3.09. The largest absolute Gasteiger partial charge is 0.471 e. The van der Waals surface area contributed by atoms with Crippen LogP contribution >= 0.6 is 31.3 Å². The van der Waals surface area contributed by atoms with Gasteiger partial charge in [0.2, 0.25) is 0 Å². The first kappa shape index (κ1) is 8.64. The van der Waals surface area contributed by atoms with E-state index in [-0.39, 0.29) is 0 Å². The molecule has 0 radical (unpaired) electrons. The minimum Gasteiger partial charge on any atom is -0.303 e. The van der Waals surface area contributed by atoms with Gasteiger partial charge in [-0.3, -0.25) is 4.52 Å². The Bertz CT molecular complexity index is 179. The second-order valence-electron chi connectivity index (χ2n) is 1.43. The van der Waals surface area contributed by atoms with E-state index in [4.69, 9.17) is 9.79 Å². The standard InChI is InChI=1S/C3H5O4PS2/c4-8(5,6)7-3-9-1-2-10-3/h1-3H,(H2,4,5,6). The van der Waals surface area contributed by atoms with Crippen molar-refractivity contribution in [3.8, 4) is 0 Å². The minimum atomic E-state index is -4.30. The lowest BCUT2D eigenvalue weighted by molar-refractivity contribution is 0.217. The normalized spacial score (nSPS) is 20.2. The molecule has 0 aromatic heterocycles. The maximum atomic E-state index is 10.2. The Hall–Kier alpha value is 0.550. The predicted molar refractivity (Wildman–Crippen MR) is 41.2 cm³/mol. The summed E-state index contributed by atoms with van der Waals surface area (Å²) in [6.07, 6.45) is 0. The fourth-order valence-electron chi connectivity index (χ4n) is 0.386. The first-order chi connectivity index (χ1) is 4.58. The van der Waals surface area contributed by atoms with E-state index in [1.54, 1.807) is 10.8 Å². The molecule has 4 nitrogen and oxygen atoms in total. The Morgan fingerprint density at radius 3 is 2.30 bits per heavy atom. The second kappa shape index (κ2) is 3.30. The van der Waals surface area contributed by atoms with Crippen molar-refractivity contribution in [3.63, 3.8) is 0 Å². The molecule has 1 rings (SSSR count). The molecule has 10 heavy (non-hydrogen) atoms. The zero-order valence-corrected chi connectivity index (χ0v) is 7.23. The van der Waals surface area contributed by atoms with E-state index in [0.717, 1.165) is 0 Å². The molecule has 1 aliphatic rings. The van der Waals surface area contributed by atoms with Crippen molar-refractivity contribution in [2.24, 2.45) is 0 Å². The molecule has 0 fully saturated rings. The topological polar surface area (TPSA) is 66.8 Å². The van der Waals surface area contributed by atoms with Crippen molar-refractivity contribution in [3.05, 3.63) is 10.8 Å². The second-order valence-corrected chi connectivity index (χ2v) is 4.86. The third kappa shape index (κ3) is 3.09. The monoisotopic (exact) mass is 200 g/mol.